The van der Waals surface area contributed by atoms with Crippen molar-refractivity contribution in [3.8, 4) is 5.75 Å². The maximum Gasteiger partial charge on any atom is 0.342 e. The third kappa shape index (κ3) is 3.83. The second-order valence-corrected chi connectivity index (χ2v) is 4.82. The number of epoxide rings is 1. The van der Waals surface area contributed by atoms with Crippen molar-refractivity contribution in [1.82, 2.24) is 0 Å². The fraction of sp³-hybridized carbons (Fsp3) is 0.235. The molecule has 108 valence electrons. The van der Waals surface area contributed by atoms with Crippen molar-refractivity contribution in [2.45, 2.75) is 12.7 Å². The van der Waals surface area contributed by atoms with Gasteiger partial charge in [0.2, 0.25) is 0 Å². The number of ether oxygens (including phenoxy) is 3. The van der Waals surface area contributed by atoms with Crippen LogP contribution in [0.4, 0.5) is 0 Å². The fourth-order valence-electron chi connectivity index (χ4n) is 1.91. The Morgan fingerprint density at radius 2 is 1.81 bits per heavy atom. The molecular weight excluding hydrogens is 268 g/mol. The van der Waals surface area contributed by atoms with Crippen molar-refractivity contribution in [2.75, 3.05) is 13.2 Å². The van der Waals surface area contributed by atoms with Gasteiger partial charge in [-0.15, -0.1) is 0 Å². The van der Waals surface area contributed by atoms with Crippen LogP contribution < -0.4 is 4.74 Å². The number of hydrogen-bond acceptors (Lipinski definition) is 4. The first-order valence-electron chi connectivity index (χ1n) is 6.87. The second kappa shape index (κ2) is 6.41. The monoisotopic (exact) mass is 284 g/mol. The minimum absolute atomic E-state index is 0.151. The predicted molar refractivity (Wildman–Crippen MR) is 77.2 cm³/mol. The SMILES string of the molecule is O=C(OCc1ccccc1)c1ccccc1OC[C@@H]1CO1. The fourth-order valence-corrected chi connectivity index (χ4v) is 1.91. The lowest BCUT2D eigenvalue weighted by Crippen LogP contribution is -2.10. The molecule has 0 saturated carbocycles. The molecule has 4 heteroatoms. The summed E-state index contributed by atoms with van der Waals surface area (Å²) in [6, 6.07) is 16.7. The molecule has 0 bridgehead atoms. The number of para-hydroxylation sites is 1. The molecule has 0 radical (unpaired) electrons. The number of carbonyl (C=O) groups excluding carboxylic acids is 1. The Labute approximate surface area is 123 Å². The quantitative estimate of drug-likeness (QED) is 0.604. The van der Waals surface area contributed by atoms with Crippen molar-refractivity contribution in [2.24, 2.45) is 0 Å². The van der Waals surface area contributed by atoms with Crippen molar-refractivity contribution in [1.29, 1.82) is 0 Å². The summed E-state index contributed by atoms with van der Waals surface area (Å²) in [4.78, 5) is 12.2. The highest BCUT2D eigenvalue weighted by Gasteiger charge is 2.24. The van der Waals surface area contributed by atoms with Crippen LogP contribution in [0.2, 0.25) is 0 Å². The Balaban J connectivity index is 1.63. The summed E-state index contributed by atoms with van der Waals surface area (Å²) in [5.74, 6) is 0.150. The van der Waals surface area contributed by atoms with E-state index in [9.17, 15) is 4.79 Å². The molecule has 1 atom stereocenters. The lowest BCUT2D eigenvalue weighted by Gasteiger charge is -2.10. The molecule has 0 aliphatic carbocycles. The van der Waals surface area contributed by atoms with Crippen LogP contribution in [0, 0.1) is 0 Å². The first-order chi connectivity index (χ1) is 10.3. The lowest BCUT2D eigenvalue weighted by molar-refractivity contribution is 0.0467. The first kappa shape index (κ1) is 13.6. The van der Waals surface area contributed by atoms with E-state index in [1.807, 2.05) is 36.4 Å². The van der Waals surface area contributed by atoms with E-state index >= 15 is 0 Å². The smallest absolute Gasteiger partial charge is 0.342 e. The zero-order chi connectivity index (χ0) is 14.5. The molecule has 4 nitrogen and oxygen atoms in total. The van der Waals surface area contributed by atoms with Gasteiger partial charge >= 0.3 is 5.97 Å². The van der Waals surface area contributed by atoms with E-state index in [2.05, 4.69) is 0 Å². The van der Waals surface area contributed by atoms with Gasteiger partial charge < -0.3 is 14.2 Å². The Kier molecular flexibility index (Phi) is 4.17. The Morgan fingerprint density at radius 1 is 1.10 bits per heavy atom. The predicted octanol–water partition coefficient (Wildman–Crippen LogP) is 2.82. The van der Waals surface area contributed by atoms with Crippen LogP contribution in [0.25, 0.3) is 0 Å². The Morgan fingerprint density at radius 3 is 2.57 bits per heavy atom. The van der Waals surface area contributed by atoms with E-state index < -0.39 is 0 Å². The number of hydrogen-bond donors (Lipinski definition) is 0. The summed E-state index contributed by atoms with van der Waals surface area (Å²) in [5, 5.41) is 0. The van der Waals surface area contributed by atoms with Crippen LogP contribution in [-0.4, -0.2) is 25.3 Å². The van der Waals surface area contributed by atoms with Crippen LogP contribution in [0.1, 0.15) is 15.9 Å². The van der Waals surface area contributed by atoms with Crippen molar-refractivity contribution in [3.05, 3.63) is 65.7 Å². The van der Waals surface area contributed by atoms with Gasteiger partial charge in [0.15, 0.2) is 0 Å². The molecule has 1 fully saturated rings. The van der Waals surface area contributed by atoms with E-state index in [4.69, 9.17) is 14.2 Å². The minimum atomic E-state index is -0.383. The number of rotatable bonds is 6. The van der Waals surface area contributed by atoms with Gasteiger partial charge in [-0.3, -0.25) is 0 Å². The summed E-state index contributed by atoms with van der Waals surface area (Å²) in [6.07, 6.45) is 0.151. The minimum Gasteiger partial charge on any atom is -0.490 e. The van der Waals surface area contributed by atoms with Gasteiger partial charge in [-0.05, 0) is 17.7 Å². The highest BCUT2D eigenvalue weighted by molar-refractivity contribution is 5.92. The molecule has 1 aliphatic heterocycles. The largest absolute Gasteiger partial charge is 0.490 e. The van der Waals surface area contributed by atoms with Crippen LogP contribution >= 0.6 is 0 Å². The second-order valence-electron chi connectivity index (χ2n) is 4.82. The number of benzene rings is 2. The van der Waals surface area contributed by atoms with Gasteiger partial charge in [-0.25, -0.2) is 4.79 Å². The zero-order valence-corrected chi connectivity index (χ0v) is 11.5. The van der Waals surface area contributed by atoms with Crippen molar-refractivity contribution < 1.29 is 19.0 Å². The standard InChI is InChI=1S/C17H16O4/c18-17(21-10-13-6-2-1-3-7-13)15-8-4-5-9-16(15)20-12-14-11-19-14/h1-9,14H,10-12H2/t14-/m0/s1. The molecule has 1 aliphatic rings. The summed E-state index contributed by atoms with van der Waals surface area (Å²) < 4.78 is 16.0. The summed E-state index contributed by atoms with van der Waals surface area (Å²) >= 11 is 0. The molecule has 3 rings (SSSR count). The van der Waals surface area contributed by atoms with Gasteiger partial charge in [0.25, 0.3) is 0 Å². The van der Waals surface area contributed by atoms with E-state index in [0.29, 0.717) is 17.9 Å². The third-order valence-electron chi connectivity index (χ3n) is 3.15. The first-order valence-corrected chi connectivity index (χ1v) is 6.87. The molecule has 2 aromatic rings. The van der Waals surface area contributed by atoms with Crippen LogP contribution in [0.3, 0.4) is 0 Å². The van der Waals surface area contributed by atoms with Gasteiger partial charge in [0.1, 0.15) is 30.6 Å². The lowest BCUT2D eigenvalue weighted by atomic mass is 10.2. The van der Waals surface area contributed by atoms with Gasteiger partial charge in [-0.2, -0.15) is 0 Å². The van der Waals surface area contributed by atoms with Gasteiger partial charge in [0.05, 0.1) is 6.61 Å². The van der Waals surface area contributed by atoms with Crippen molar-refractivity contribution in [3.63, 3.8) is 0 Å². The zero-order valence-electron chi connectivity index (χ0n) is 11.5. The molecule has 0 amide bonds. The normalized spacial score (nSPS) is 16.3. The highest BCUT2D eigenvalue weighted by atomic mass is 16.6. The molecule has 1 heterocycles. The molecule has 0 N–H and O–H groups in total. The maximum absolute atomic E-state index is 12.2. The molecular formula is C17H16O4. The summed E-state index contributed by atoms with van der Waals surface area (Å²) in [5.41, 5.74) is 1.39. The molecule has 2 aromatic carbocycles. The Bertz CT molecular complexity index is 605. The summed E-state index contributed by atoms with van der Waals surface area (Å²) in [6.45, 7) is 1.43. The molecule has 1 saturated heterocycles. The summed E-state index contributed by atoms with van der Waals surface area (Å²) in [7, 11) is 0. The highest BCUT2D eigenvalue weighted by Crippen LogP contribution is 2.21. The van der Waals surface area contributed by atoms with E-state index in [1.165, 1.54) is 0 Å². The third-order valence-corrected chi connectivity index (χ3v) is 3.15. The van der Waals surface area contributed by atoms with E-state index in [0.717, 1.165) is 12.2 Å². The number of esters is 1. The van der Waals surface area contributed by atoms with Crippen molar-refractivity contribution >= 4 is 5.97 Å². The molecule has 0 spiro atoms. The van der Waals surface area contributed by atoms with Crippen LogP contribution in [0.15, 0.2) is 54.6 Å². The number of carbonyl (C=O) groups is 1. The van der Waals surface area contributed by atoms with Crippen LogP contribution in [0.5, 0.6) is 5.75 Å². The molecule has 21 heavy (non-hydrogen) atoms. The molecule has 0 aromatic heterocycles. The maximum atomic E-state index is 12.2. The van der Waals surface area contributed by atoms with Crippen LogP contribution in [-0.2, 0) is 16.1 Å². The molecule has 0 unspecified atom stereocenters. The van der Waals surface area contributed by atoms with Gasteiger partial charge in [0, 0.05) is 0 Å². The average Bonchev–Trinajstić information content (AvgIpc) is 3.36. The van der Waals surface area contributed by atoms with E-state index in [1.54, 1.807) is 18.2 Å². The topological polar surface area (TPSA) is 48.1 Å². The van der Waals surface area contributed by atoms with Gasteiger partial charge in [-0.1, -0.05) is 42.5 Å². The average molecular weight is 284 g/mol. The Hall–Kier alpha value is -2.33. The van der Waals surface area contributed by atoms with E-state index in [-0.39, 0.29) is 18.7 Å².